The van der Waals surface area contributed by atoms with Gasteiger partial charge in [-0.15, -0.1) is 10.2 Å². The second-order valence-corrected chi connectivity index (χ2v) is 3.05. The summed E-state index contributed by atoms with van der Waals surface area (Å²) in [6, 6.07) is 1.72. The van der Waals surface area contributed by atoms with Gasteiger partial charge >= 0.3 is 0 Å². The molecule has 0 bridgehead atoms. The Hall–Kier alpha value is -2.11. The second kappa shape index (κ2) is 3.95. The fraction of sp³-hybridized carbons (Fsp3) is 0.222. The lowest BCUT2D eigenvalue weighted by Crippen LogP contribution is -2.36. The lowest BCUT2D eigenvalue weighted by Gasteiger charge is -2.20. The van der Waals surface area contributed by atoms with Crippen molar-refractivity contribution < 1.29 is 0 Å². The predicted octanol–water partition coefficient (Wildman–Crippen LogP) is 1.42. The summed E-state index contributed by atoms with van der Waals surface area (Å²) in [5.74, 6) is -0.432. The van der Waals surface area contributed by atoms with E-state index in [1.54, 1.807) is 43.9 Å². The number of nitrogens with one attached hydrogen (secondary N) is 1. The third-order valence-corrected chi connectivity index (χ3v) is 1.75. The van der Waals surface area contributed by atoms with Crippen LogP contribution in [-0.2, 0) is 0 Å². The molecule has 2 heterocycles. The Kier molecular flexibility index (Phi) is 2.49. The van der Waals surface area contributed by atoms with Gasteiger partial charge in [0.25, 0.3) is 5.95 Å². The Labute approximate surface area is 86.9 Å². The first-order valence-electron chi connectivity index (χ1n) is 4.46. The molecule has 0 radical (unpaired) electrons. The number of rotatable bonds is 2. The lowest BCUT2D eigenvalue weighted by atomic mass is 10.4. The molecular weight excluding hydrogens is 192 g/mol. The van der Waals surface area contributed by atoms with Crippen LogP contribution in [0.15, 0.2) is 46.0 Å². The van der Waals surface area contributed by atoms with Crippen molar-refractivity contribution in [2.75, 3.05) is 0 Å². The third-order valence-electron chi connectivity index (χ3n) is 1.75. The van der Waals surface area contributed by atoms with Gasteiger partial charge in [0, 0.05) is 31.7 Å². The Bertz CT molecular complexity index is 410. The average Bonchev–Trinajstić information content (AvgIpc) is 2.29. The first kappa shape index (κ1) is 9.45. The van der Waals surface area contributed by atoms with Crippen LogP contribution in [0.25, 0.3) is 0 Å². The maximum absolute atomic E-state index is 4.14. The van der Waals surface area contributed by atoms with Gasteiger partial charge < -0.3 is 5.32 Å². The van der Waals surface area contributed by atoms with Crippen molar-refractivity contribution in [2.24, 2.45) is 15.2 Å². The van der Waals surface area contributed by atoms with E-state index in [2.05, 4.69) is 30.5 Å². The van der Waals surface area contributed by atoms with Gasteiger partial charge in [0.05, 0.1) is 0 Å². The van der Waals surface area contributed by atoms with E-state index in [0.29, 0.717) is 5.95 Å². The van der Waals surface area contributed by atoms with Crippen molar-refractivity contribution >= 4 is 12.2 Å². The van der Waals surface area contributed by atoms with E-state index in [1.165, 1.54) is 0 Å². The highest BCUT2D eigenvalue weighted by molar-refractivity contribution is 5.72. The van der Waals surface area contributed by atoms with Gasteiger partial charge in [0.2, 0.25) is 5.79 Å². The lowest BCUT2D eigenvalue weighted by molar-refractivity contribution is 0.420. The van der Waals surface area contributed by atoms with Crippen molar-refractivity contribution in [1.29, 1.82) is 0 Å². The van der Waals surface area contributed by atoms with Gasteiger partial charge in [-0.25, -0.2) is 15.0 Å². The molecule has 1 aliphatic heterocycles. The molecule has 1 atom stereocenters. The molecule has 0 amide bonds. The monoisotopic (exact) mass is 202 g/mol. The molecule has 15 heavy (non-hydrogen) atoms. The summed E-state index contributed by atoms with van der Waals surface area (Å²) >= 11 is 0. The molecule has 0 aromatic carbocycles. The van der Waals surface area contributed by atoms with Crippen molar-refractivity contribution in [1.82, 2.24) is 15.3 Å². The Balaban J connectivity index is 2.12. The van der Waals surface area contributed by atoms with E-state index in [9.17, 15) is 0 Å². The molecule has 0 saturated carbocycles. The zero-order valence-electron chi connectivity index (χ0n) is 8.20. The summed E-state index contributed by atoms with van der Waals surface area (Å²) in [5, 5.41) is 10.9. The summed E-state index contributed by atoms with van der Waals surface area (Å²) < 4.78 is 0. The summed E-state index contributed by atoms with van der Waals surface area (Å²) in [7, 11) is 0. The number of hydrogen-bond donors (Lipinski definition) is 1. The van der Waals surface area contributed by atoms with Gasteiger partial charge in [-0.05, 0) is 12.1 Å². The number of hydrogen-bond acceptors (Lipinski definition) is 6. The highest BCUT2D eigenvalue weighted by atomic mass is 15.4. The average molecular weight is 202 g/mol. The molecule has 1 aromatic rings. The third kappa shape index (κ3) is 2.43. The summed E-state index contributed by atoms with van der Waals surface area (Å²) in [5.41, 5.74) is 0. The molecule has 1 N–H and O–H groups in total. The molecule has 6 nitrogen and oxygen atoms in total. The van der Waals surface area contributed by atoms with Gasteiger partial charge in [-0.3, -0.25) is 0 Å². The zero-order valence-corrected chi connectivity index (χ0v) is 8.20. The van der Waals surface area contributed by atoms with Crippen molar-refractivity contribution in [3.8, 4) is 0 Å². The largest absolute Gasteiger partial charge is 0.348 e. The zero-order chi connectivity index (χ0) is 10.6. The highest BCUT2D eigenvalue weighted by Crippen LogP contribution is 2.13. The molecule has 1 aromatic heterocycles. The van der Waals surface area contributed by atoms with E-state index >= 15 is 0 Å². The number of nitrogens with zero attached hydrogens (tertiary/aromatic N) is 5. The molecule has 76 valence electrons. The SMILES string of the molecule is CC1(N=Nc2ncccn2)N=CC=CN1. The van der Waals surface area contributed by atoms with Crippen LogP contribution in [0.1, 0.15) is 6.92 Å². The highest BCUT2D eigenvalue weighted by Gasteiger charge is 2.20. The van der Waals surface area contributed by atoms with E-state index < -0.39 is 5.79 Å². The number of allylic oxidation sites excluding steroid dienone is 1. The number of aromatic nitrogens is 2. The van der Waals surface area contributed by atoms with Crippen LogP contribution < -0.4 is 5.32 Å². The van der Waals surface area contributed by atoms with E-state index in [0.717, 1.165) is 0 Å². The molecular formula is C9H10N6. The first-order chi connectivity index (χ1) is 7.29. The maximum Gasteiger partial charge on any atom is 0.268 e. The summed E-state index contributed by atoms with van der Waals surface area (Å²) in [4.78, 5) is 12.0. The Morgan fingerprint density at radius 2 is 2.13 bits per heavy atom. The number of aliphatic imine (C=N–C) groups is 1. The second-order valence-electron chi connectivity index (χ2n) is 3.05. The minimum atomic E-state index is -0.756. The molecule has 0 spiro atoms. The van der Waals surface area contributed by atoms with Crippen molar-refractivity contribution in [2.45, 2.75) is 12.7 Å². The van der Waals surface area contributed by atoms with E-state index in [-0.39, 0.29) is 0 Å². The van der Waals surface area contributed by atoms with Gasteiger partial charge in [-0.2, -0.15) is 0 Å². The molecule has 0 fully saturated rings. The van der Waals surface area contributed by atoms with Gasteiger partial charge in [0.15, 0.2) is 0 Å². The standard InChI is InChI=1S/C9H10N6/c1-9(12-6-3-7-13-9)15-14-8-10-4-2-5-11-8/h2-7,12H,1H3. The topological polar surface area (TPSA) is 74.9 Å². The minimum Gasteiger partial charge on any atom is -0.348 e. The maximum atomic E-state index is 4.14. The predicted molar refractivity (Wildman–Crippen MR) is 55.7 cm³/mol. The summed E-state index contributed by atoms with van der Waals surface area (Å²) in [6.07, 6.45) is 8.44. The van der Waals surface area contributed by atoms with E-state index in [4.69, 9.17) is 0 Å². The van der Waals surface area contributed by atoms with Crippen LogP contribution in [0.4, 0.5) is 5.95 Å². The van der Waals surface area contributed by atoms with Crippen LogP contribution >= 0.6 is 0 Å². The van der Waals surface area contributed by atoms with Crippen LogP contribution in [0.2, 0.25) is 0 Å². The molecule has 6 heteroatoms. The van der Waals surface area contributed by atoms with Crippen LogP contribution in [0.5, 0.6) is 0 Å². The number of azo groups is 1. The molecule has 1 aliphatic rings. The Morgan fingerprint density at radius 1 is 1.33 bits per heavy atom. The first-order valence-corrected chi connectivity index (χ1v) is 4.46. The van der Waals surface area contributed by atoms with Crippen LogP contribution in [0, 0.1) is 0 Å². The van der Waals surface area contributed by atoms with Gasteiger partial charge in [0.1, 0.15) is 0 Å². The fourth-order valence-corrected chi connectivity index (χ4v) is 1.01. The molecule has 2 rings (SSSR count). The molecule has 0 aliphatic carbocycles. The summed E-state index contributed by atoms with van der Waals surface area (Å²) in [6.45, 7) is 1.80. The van der Waals surface area contributed by atoms with Crippen LogP contribution in [-0.4, -0.2) is 22.0 Å². The Morgan fingerprint density at radius 3 is 2.80 bits per heavy atom. The smallest absolute Gasteiger partial charge is 0.268 e. The van der Waals surface area contributed by atoms with Crippen molar-refractivity contribution in [3.05, 3.63) is 30.7 Å². The fourth-order valence-electron chi connectivity index (χ4n) is 1.01. The van der Waals surface area contributed by atoms with E-state index in [1.807, 2.05) is 0 Å². The normalized spacial score (nSPS) is 24.3. The molecule has 1 unspecified atom stereocenters. The minimum absolute atomic E-state index is 0.324. The van der Waals surface area contributed by atoms with Gasteiger partial charge in [-0.1, -0.05) is 0 Å². The molecule has 0 saturated heterocycles. The quantitative estimate of drug-likeness (QED) is 0.737. The van der Waals surface area contributed by atoms with Crippen molar-refractivity contribution in [3.63, 3.8) is 0 Å². The van der Waals surface area contributed by atoms with Crippen LogP contribution in [0.3, 0.4) is 0 Å².